The molecule has 2 aromatic carbocycles. The average Bonchev–Trinajstić information content (AvgIpc) is 3.35. The average molecular weight is 612 g/mol. The van der Waals surface area contributed by atoms with E-state index in [1.165, 1.54) is 17.6 Å². The summed E-state index contributed by atoms with van der Waals surface area (Å²) in [5, 5.41) is 13.7. The van der Waals surface area contributed by atoms with Crippen LogP contribution in [0.3, 0.4) is 0 Å². The molecule has 0 saturated heterocycles. The van der Waals surface area contributed by atoms with Gasteiger partial charge in [0.25, 0.3) is 5.56 Å². The molecule has 0 bridgehead atoms. The van der Waals surface area contributed by atoms with E-state index in [1.807, 2.05) is 0 Å². The first-order chi connectivity index (χ1) is 20.8. The molecule has 0 spiro atoms. The molecule has 4 aromatic rings. The number of aromatic nitrogens is 2. The molecule has 6 rings (SSSR count). The molecule has 228 valence electrons. The molecule has 13 heteroatoms. The molecule has 44 heavy (non-hydrogen) atoms. The smallest absolute Gasteiger partial charge is 0.419 e. The Morgan fingerprint density at radius 3 is 2.59 bits per heavy atom. The van der Waals surface area contributed by atoms with Gasteiger partial charge in [0.1, 0.15) is 19.0 Å². The fourth-order valence-electron chi connectivity index (χ4n) is 5.86. The van der Waals surface area contributed by atoms with E-state index in [0.29, 0.717) is 23.3 Å². The number of hydrogen-bond acceptors (Lipinski definition) is 7. The van der Waals surface area contributed by atoms with Crippen LogP contribution in [0.2, 0.25) is 0 Å². The van der Waals surface area contributed by atoms with Crippen LogP contribution < -0.4 is 10.9 Å². The lowest BCUT2D eigenvalue weighted by molar-refractivity contribution is -0.172. The number of fused-ring (bicyclic) bond motifs is 5. The van der Waals surface area contributed by atoms with Crippen molar-refractivity contribution < 1.29 is 41.7 Å². The van der Waals surface area contributed by atoms with Gasteiger partial charge in [-0.3, -0.25) is 4.79 Å². The number of esters is 1. The molecule has 2 aliphatic rings. The molecule has 2 aliphatic heterocycles. The van der Waals surface area contributed by atoms with Crippen molar-refractivity contribution in [2.24, 2.45) is 0 Å². The zero-order chi connectivity index (χ0) is 31.6. The van der Waals surface area contributed by atoms with Gasteiger partial charge in [-0.25, -0.2) is 19.0 Å². The first kappa shape index (κ1) is 29.3. The van der Waals surface area contributed by atoms with Gasteiger partial charge >= 0.3 is 18.2 Å². The molecule has 0 saturated carbocycles. The number of nitrogens with zero attached hydrogens (tertiary/aromatic N) is 2. The summed E-state index contributed by atoms with van der Waals surface area (Å²) >= 11 is 0. The molecule has 0 aliphatic carbocycles. The van der Waals surface area contributed by atoms with Gasteiger partial charge in [0, 0.05) is 22.6 Å². The molecule has 4 heterocycles. The van der Waals surface area contributed by atoms with Gasteiger partial charge in [0.05, 0.1) is 40.6 Å². The van der Waals surface area contributed by atoms with Crippen molar-refractivity contribution in [3.63, 3.8) is 0 Å². The maximum Gasteiger partial charge on any atom is 0.419 e. The van der Waals surface area contributed by atoms with Crippen molar-refractivity contribution in [1.82, 2.24) is 14.9 Å². The molecule has 2 atom stereocenters. The van der Waals surface area contributed by atoms with E-state index in [1.54, 1.807) is 37.3 Å². The quantitative estimate of drug-likeness (QED) is 0.207. The lowest BCUT2D eigenvalue weighted by Gasteiger charge is -2.31. The van der Waals surface area contributed by atoms with Gasteiger partial charge in [-0.15, -0.1) is 0 Å². The van der Waals surface area contributed by atoms with Gasteiger partial charge in [0.15, 0.2) is 5.60 Å². The SMILES string of the molecule is CC[C@@]1(O)C(=O)OCc2c1cc1n(c2=O)Cc2c-1nc1cc(F)c(C(F)(F)F)cc1c2[C@H](C)NC(=O)OCc1ccccc1. The highest BCUT2D eigenvalue weighted by Crippen LogP contribution is 2.43. The molecule has 0 fully saturated rings. The lowest BCUT2D eigenvalue weighted by atomic mass is 9.86. The van der Waals surface area contributed by atoms with Crippen LogP contribution in [0, 0.1) is 5.82 Å². The topological polar surface area (TPSA) is 120 Å². The van der Waals surface area contributed by atoms with Gasteiger partial charge < -0.3 is 24.5 Å². The number of pyridine rings is 2. The van der Waals surface area contributed by atoms with E-state index in [2.05, 4.69) is 10.3 Å². The van der Waals surface area contributed by atoms with Crippen LogP contribution in [-0.2, 0) is 45.8 Å². The van der Waals surface area contributed by atoms with Gasteiger partial charge in [-0.1, -0.05) is 37.3 Å². The van der Waals surface area contributed by atoms with Crippen molar-refractivity contribution in [2.75, 3.05) is 0 Å². The van der Waals surface area contributed by atoms with E-state index in [9.17, 15) is 37.1 Å². The molecule has 0 unspecified atom stereocenters. The summed E-state index contributed by atoms with van der Waals surface area (Å²) < 4.78 is 67.8. The van der Waals surface area contributed by atoms with Crippen LogP contribution in [0.25, 0.3) is 22.3 Å². The highest BCUT2D eigenvalue weighted by Gasteiger charge is 2.46. The lowest BCUT2D eigenvalue weighted by Crippen LogP contribution is -2.44. The number of benzene rings is 2. The number of cyclic esters (lactones) is 1. The fourth-order valence-corrected chi connectivity index (χ4v) is 5.86. The van der Waals surface area contributed by atoms with Crippen molar-refractivity contribution in [1.29, 1.82) is 0 Å². The van der Waals surface area contributed by atoms with E-state index >= 15 is 0 Å². The third-order valence-corrected chi connectivity index (χ3v) is 8.11. The van der Waals surface area contributed by atoms with Crippen molar-refractivity contribution in [3.8, 4) is 11.4 Å². The van der Waals surface area contributed by atoms with E-state index in [0.717, 1.165) is 0 Å². The second kappa shape index (κ2) is 10.4. The number of alkyl carbamates (subject to hydrolysis) is 1. The van der Waals surface area contributed by atoms with Crippen molar-refractivity contribution >= 4 is 23.0 Å². The number of carbonyl (C=O) groups excluding carboxylic acids is 2. The summed E-state index contributed by atoms with van der Waals surface area (Å²) in [5.41, 5.74) is -2.77. The number of halogens is 4. The summed E-state index contributed by atoms with van der Waals surface area (Å²) in [6, 6.07) is 10.6. The van der Waals surface area contributed by atoms with Gasteiger partial charge in [-0.05, 0) is 36.6 Å². The highest BCUT2D eigenvalue weighted by atomic mass is 19.4. The Hall–Kier alpha value is -4.78. The molecule has 1 amide bonds. The Labute approximate surface area is 247 Å². The Bertz CT molecular complexity index is 1910. The largest absolute Gasteiger partial charge is 0.458 e. The number of nitrogens with one attached hydrogen (secondary N) is 1. The number of hydrogen-bond donors (Lipinski definition) is 2. The summed E-state index contributed by atoms with van der Waals surface area (Å²) in [7, 11) is 0. The zero-order valence-electron chi connectivity index (χ0n) is 23.4. The maximum atomic E-state index is 14.8. The maximum absolute atomic E-state index is 14.8. The molecule has 2 N–H and O–H groups in total. The zero-order valence-corrected chi connectivity index (χ0v) is 23.4. The second-order valence-electron chi connectivity index (χ2n) is 10.7. The minimum atomic E-state index is -5.02. The summed E-state index contributed by atoms with van der Waals surface area (Å²) in [5.74, 6) is -2.47. The Morgan fingerprint density at radius 1 is 1.18 bits per heavy atom. The highest BCUT2D eigenvalue weighted by molar-refractivity contribution is 5.90. The first-order valence-electron chi connectivity index (χ1n) is 13.7. The second-order valence-corrected chi connectivity index (χ2v) is 10.7. The summed E-state index contributed by atoms with van der Waals surface area (Å²) in [6.07, 6.45) is -5.97. The van der Waals surface area contributed by atoms with Crippen LogP contribution in [0.15, 0.2) is 53.3 Å². The van der Waals surface area contributed by atoms with E-state index < -0.39 is 46.8 Å². The van der Waals surface area contributed by atoms with Crippen molar-refractivity contribution in [2.45, 2.75) is 57.8 Å². The fraction of sp³-hybridized carbons (Fsp3) is 0.290. The summed E-state index contributed by atoms with van der Waals surface area (Å²) in [6.45, 7) is 2.47. The Morgan fingerprint density at radius 2 is 1.91 bits per heavy atom. The normalized spacial score (nSPS) is 17.8. The molecular formula is C31H25F4N3O6. The third-order valence-electron chi connectivity index (χ3n) is 8.11. The number of aliphatic hydroxyl groups is 1. The first-order valence-corrected chi connectivity index (χ1v) is 13.7. The Kier molecular flexibility index (Phi) is 6.95. The third kappa shape index (κ3) is 4.67. The van der Waals surface area contributed by atoms with Crippen LogP contribution in [0.5, 0.6) is 0 Å². The van der Waals surface area contributed by atoms with Crippen LogP contribution >= 0.6 is 0 Å². The summed E-state index contributed by atoms with van der Waals surface area (Å²) in [4.78, 5) is 43.4. The van der Waals surface area contributed by atoms with Crippen LogP contribution in [0.4, 0.5) is 22.4 Å². The van der Waals surface area contributed by atoms with E-state index in [4.69, 9.17) is 9.47 Å². The van der Waals surface area contributed by atoms with Crippen LogP contribution in [-0.4, -0.2) is 26.7 Å². The predicted octanol–water partition coefficient (Wildman–Crippen LogP) is 5.22. The minimum absolute atomic E-state index is 0.0399. The standard InChI is InChI=1S/C31H25F4N3O6/c1-3-30(42)20-10-24-26-18(12-38(24)27(39)19(20)14-43-28(30)40)25(15(2)36-29(41)44-13-16-7-5-4-6-8-16)17-9-21(31(33,34)35)22(32)11-23(17)37-26/h4-11,15,42H,3,12-14H2,1-2H3,(H,36,41)/t15-,30-/m0/s1. The molecule has 9 nitrogen and oxygen atoms in total. The molecular weight excluding hydrogens is 586 g/mol. The Balaban J connectivity index is 1.50. The number of alkyl halides is 3. The monoisotopic (exact) mass is 611 g/mol. The molecule has 0 radical (unpaired) electrons. The van der Waals surface area contributed by atoms with Gasteiger partial charge in [-0.2, -0.15) is 13.2 Å². The number of rotatable bonds is 5. The number of carbonyl (C=O) groups is 2. The minimum Gasteiger partial charge on any atom is -0.458 e. The number of ether oxygens (including phenoxy) is 2. The van der Waals surface area contributed by atoms with E-state index in [-0.39, 0.29) is 65.2 Å². The van der Waals surface area contributed by atoms with Crippen molar-refractivity contribution in [3.05, 3.63) is 98.1 Å². The number of amides is 1. The molecule has 2 aromatic heterocycles. The van der Waals surface area contributed by atoms with Gasteiger partial charge in [0.2, 0.25) is 0 Å². The van der Waals surface area contributed by atoms with Crippen LogP contribution in [0.1, 0.15) is 59.7 Å². The predicted molar refractivity (Wildman–Crippen MR) is 148 cm³/mol.